The lowest BCUT2D eigenvalue weighted by molar-refractivity contribution is -0.138. The Morgan fingerprint density at radius 3 is 2.03 bits per heavy atom. The topological polar surface area (TPSA) is 34.5 Å². The minimum atomic E-state index is -0.340. The largest absolute Gasteiger partial charge is 0.460 e. The molecule has 4 nitrogen and oxygen atoms in total. The Bertz CT molecular complexity index is 1150. The van der Waals surface area contributed by atoms with Crippen molar-refractivity contribution < 1.29 is 9.53 Å². The second-order valence-electron chi connectivity index (χ2n) is 7.38. The van der Waals surface area contributed by atoms with E-state index in [0.717, 1.165) is 17.9 Å². The lowest BCUT2D eigenvalue weighted by Gasteiger charge is -2.23. The van der Waals surface area contributed by atoms with Crippen molar-refractivity contribution in [3.63, 3.8) is 0 Å². The van der Waals surface area contributed by atoms with E-state index in [4.69, 9.17) is 4.74 Å². The Kier molecular flexibility index (Phi) is 5.57. The summed E-state index contributed by atoms with van der Waals surface area (Å²) in [7, 11) is 0. The first-order valence-electron chi connectivity index (χ1n) is 10.3. The first kappa shape index (κ1) is 19.8. The second kappa shape index (κ2) is 8.46. The normalized spacial score (nSPS) is 11.0. The fraction of sp³-hybridized carbons (Fsp3) is 0.192. The zero-order chi connectivity index (χ0) is 21.1. The van der Waals surface area contributed by atoms with Gasteiger partial charge in [0.05, 0.1) is 17.6 Å². The fourth-order valence-electron chi connectivity index (χ4n) is 3.85. The molecule has 4 rings (SSSR count). The molecule has 4 aromatic rings. The van der Waals surface area contributed by atoms with Crippen molar-refractivity contribution in [1.82, 2.24) is 4.57 Å². The molecule has 0 aliphatic heterocycles. The molecule has 1 aromatic heterocycles. The van der Waals surface area contributed by atoms with Crippen molar-refractivity contribution in [2.24, 2.45) is 0 Å². The van der Waals surface area contributed by atoms with Crippen LogP contribution in [0, 0.1) is 0 Å². The van der Waals surface area contributed by atoms with Crippen molar-refractivity contribution >= 4 is 33.5 Å². The number of fused-ring (bicyclic) bond motifs is 3. The number of benzene rings is 3. The predicted molar refractivity (Wildman–Crippen MR) is 124 cm³/mol. The highest BCUT2D eigenvalue weighted by Gasteiger charge is 2.12. The van der Waals surface area contributed by atoms with Crippen LogP contribution in [0.2, 0.25) is 0 Å². The predicted octanol–water partition coefficient (Wildman–Crippen LogP) is 5.73. The lowest BCUT2D eigenvalue weighted by atomic mass is 10.2. The molecule has 1 heterocycles. The van der Waals surface area contributed by atoms with Gasteiger partial charge >= 0.3 is 5.97 Å². The number of hydrogen-bond acceptors (Lipinski definition) is 3. The number of carbonyl (C=O) groups is 1. The van der Waals surface area contributed by atoms with E-state index < -0.39 is 0 Å². The molecule has 0 unspecified atom stereocenters. The average molecular weight is 399 g/mol. The van der Waals surface area contributed by atoms with Gasteiger partial charge < -0.3 is 14.2 Å². The van der Waals surface area contributed by atoms with Crippen LogP contribution < -0.4 is 4.90 Å². The van der Waals surface area contributed by atoms with Crippen molar-refractivity contribution in [2.75, 3.05) is 24.6 Å². The number of nitrogens with zero attached hydrogens (tertiary/aromatic N) is 2. The second-order valence-corrected chi connectivity index (χ2v) is 7.38. The maximum absolute atomic E-state index is 11.6. The van der Waals surface area contributed by atoms with Crippen LogP contribution in [0.25, 0.3) is 27.5 Å². The molecular formula is C26H26N2O2. The maximum Gasteiger partial charge on any atom is 0.333 e. The minimum absolute atomic E-state index is 0.340. The zero-order valence-electron chi connectivity index (χ0n) is 17.5. The third kappa shape index (κ3) is 3.69. The lowest BCUT2D eigenvalue weighted by Crippen LogP contribution is -2.28. The van der Waals surface area contributed by atoms with E-state index >= 15 is 0 Å². The first-order valence-corrected chi connectivity index (χ1v) is 10.3. The van der Waals surface area contributed by atoms with Gasteiger partial charge in [0.25, 0.3) is 0 Å². The number of aromatic nitrogens is 1. The Morgan fingerprint density at radius 2 is 1.50 bits per heavy atom. The molecule has 4 heteroatoms. The highest BCUT2D eigenvalue weighted by atomic mass is 16.5. The molecule has 0 atom stereocenters. The molecule has 0 saturated heterocycles. The smallest absolute Gasteiger partial charge is 0.333 e. The van der Waals surface area contributed by atoms with Gasteiger partial charge in [-0.05, 0) is 50.2 Å². The van der Waals surface area contributed by atoms with Crippen LogP contribution in [0.4, 0.5) is 5.69 Å². The SMILES string of the molecule is C=C(C)C(=O)OCCN(CC)c1ccc(-n2c3ccccc3c3ccccc32)cc1. The Hall–Kier alpha value is -3.53. The summed E-state index contributed by atoms with van der Waals surface area (Å²) < 4.78 is 7.56. The summed E-state index contributed by atoms with van der Waals surface area (Å²) in [5.41, 5.74) is 5.05. The number of ether oxygens (including phenoxy) is 1. The Labute approximate surface area is 177 Å². The van der Waals surface area contributed by atoms with E-state index in [1.165, 1.54) is 21.8 Å². The van der Waals surface area contributed by atoms with Gasteiger partial charge in [-0.25, -0.2) is 4.79 Å². The number of para-hydroxylation sites is 2. The fourth-order valence-corrected chi connectivity index (χ4v) is 3.85. The van der Waals surface area contributed by atoms with E-state index in [9.17, 15) is 4.79 Å². The number of carbonyl (C=O) groups excluding carboxylic acids is 1. The Balaban J connectivity index is 1.62. The van der Waals surface area contributed by atoms with Gasteiger partial charge in [-0.15, -0.1) is 0 Å². The third-order valence-corrected chi connectivity index (χ3v) is 5.38. The summed E-state index contributed by atoms with van der Waals surface area (Å²) in [6.07, 6.45) is 0. The molecular weight excluding hydrogens is 372 g/mol. The van der Waals surface area contributed by atoms with Gasteiger partial charge in [-0.3, -0.25) is 0 Å². The van der Waals surface area contributed by atoms with Crippen LogP contribution in [-0.2, 0) is 9.53 Å². The summed E-state index contributed by atoms with van der Waals surface area (Å²) in [5, 5.41) is 2.51. The van der Waals surface area contributed by atoms with Crippen LogP contribution in [-0.4, -0.2) is 30.2 Å². The van der Waals surface area contributed by atoms with Crippen LogP contribution in [0.1, 0.15) is 13.8 Å². The monoisotopic (exact) mass is 398 g/mol. The van der Waals surface area contributed by atoms with Gasteiger partial charge in [0.2, 0.25) is 0 Å². The average Bonchev–Trinajstić information content (AvgIpc) is 3.11. The number of esters is 1. The van der Waals surface area contributed by atoms with Crippen LogP contribution >= 0.6 is 0 Å². The highest BCUT2D eigenvalue weighted by molar-refractivity contribution is 6.09. The van der Waals surface area contributed by atoms with Gasteiger partial charge in [0.1, 0.15) is 6.61 Å². The molecule has 0 aliphatic carbocycles. The van der Waals surface area contributed by atoms with Crippen LogP contribution in [0.3, 0.4) is 0 Å². The molecule has 0 spiro atoms. The van der Waals surface area contributed by atoms with Gasteiger partial charge in [0.15, 0.2) is 0 Å². The molecule has 0 bridgehead atoms. The number of anilines is 1. The summed E-state index contributed by atoms with van der Waals surface area (Å²) in [5.74, 6) is -0.340. The molecule has 0 saturated carbocycles. The van der Waals surface area contributed by atoms with E-state index in [0.29, 0.717) is 18.7 Å². The van der Waals surface area contributed by atoms with E-state index in [1.54, 1.807) is 6.92 Å². The molecule has 0 aliphatic rings. The third-order valence-electron chi connectivity index (χ3n) is 5.38. The number of hydrogen-bond donors (Lipinski definition) is 0. The molecule has 0 radical (unpaired) electrons. The van der Waals surface area contributed by atoms with Gasteiger partial charge in [-0.2, -0.15) is 0 Å². The molecule has 0 fully saturated rings. The van der Waals surface area contributed by atoms with Crippen LogP contribution in [0.15, 0.2) is 84.9 Å². The minimum Gasteiger partial charge on any atom is -0.460 e. The number of rotatable bonds is 7. The van der Waals surface area contributed by atoms with Crippen molar-refractivity contribution in [2.45, 2.75) is 13.8 Å². The van der Waals surface area contributed by atoms with E-state index in [2.05, 4.69) is 95.8 Å². The van der Waals surface area contributed by atoms with Crippen molar-refractivity contribution in [3.05, 3.63) is 84.9 Å². The molecule has 152 valence electrons. The summed E-state index contributed by atoms with van der Waals surface area (Å²) >= 11 is 0. The number of likely N-dealkylation sites (N-methyl/N-ethyl adjacent to an activating group) is 1. The summed E-state index contributed by atoms with van der Waals surface area (Å²) in [6, 6.07) is 25.6. The standard InChI is InChI=1S/C26H26N2O2/c1-4-27(17-18-30-26(29)19(2)3)20-13-15-21(16-14-20)28-24-11-7-5-9-22(24)23-10-6-8-12-25(23)28/h5-16H,2,4,17-18H2,1,3H3. The molecule has 0 N–H and O–H groups in total. The highest BCUT2D eigenvalue weighted by Crippen LogP contribution is 2.32. The van der Waals surface area contributed by atoms with Crippen LogP contribution in [0.5, 0.6) is 0 Å². The van der Waals surface area contributed by atoms with E-state index in [-0.39, 0.29) is 5.97 Å². The zero-order valence-corrected chi connectivity index (χ0v) is 17.5. The Morgan fingerprint density at radius 1 is 0.933 bits per heavy atom. The summed E-state index contributed by atoms with van der Waals surface area (Å²) in [6.45, 7) is 9.19. The van der Waals surface area contributed by atoms with Crippen molar-refractivity contribution in [1.29, 1.82) is 0 Å². The first-order chi connectivity index (χ1) is 14.6. The van der Waals surface area contributed by atoms with Gasteiger partial charge in [-0.1, -0.05) is 43.0 Å². The van der Waals surface area contributed by atoms with Crippen molar-refractivity contribution in [3.8, 4) is 5.69 Å². The maximum atomic E-state index is 11.6. The molecule has 0 amide bonds. The summed E-state index contributed by atoms with van der Waals surface area (Å²) in [4.78, 5) is 13.8. The molecule has 30 heavy (non-hydrogen) atoms. The quantitative estimate of drug-likeness (QED) is 0.295. The van der Waals surface area contributed by atoms with E-state index in [1.807, 2.05) is 0 Å². The molecule has 3 aromatic carbocycles. The van der Waals surface area contributed by atoms with Gasteiger partial charge in [0, 0.05) is 34.3 Å².